The van der Waals surface area contributed by atoms with E-state index in [0.29, 0.717) is 6.04 Å². The summed E-state index contributed by atoms with van der Waals surface area (Å²) in [5, 5.41) is 14.2. The SMILES string of the molecule is CN=C(NCCCCc1ccc([N+](=O)[O-])cc1)N1CCC(N2CCCC2)C1.I. The Morgan fingerprint density at radius 1 is 1.21 bits per heavy atom. The average molecular weight is 501 g/mol. The summed E-state index contributed by atoms with van der Waals surface area (Å²) in [6.07, 6.45) is 6.98. The summed E-state index contributed by atoms with van der Waals surface area (Å²) < 4.78 is 0. The summed E-state index contributed by atoms with van der Waals surface area (Å²) in [5.74, 6) is 1.02. The summed E-state index contributed by atoms with van der Waals surface area (Å²) in [5.41, 5.74) is 1.31. The molecule has 0 bridgehead atoms. The molecule has 0 aliphatic carbocycles. The molecular weight excluding hydrogens is 469 g/mol. The monoisotopic (exact) mass is 501 g/mol. The number of hydrogen-bond donors (Lipinski definition) is 1. The topological polar surface area (TPSA) is 74.0 Å². The number of benzene rings is 1. The minimum absolute atomic E-state index is 0. The number of guanidine groups is 1. The van der Waals surface area contributed by atoms with Crippen LogP contribution in [0.5, 0.6) is 0 Å². The fourth-order valence-electron chi connectivity index (χ4n) is 4.11. The number of halogens is 1. The predicted molar refractivity (Wildman–Crippen MR) is 124 cm³/mol. The second kappa shape index (κ2) is 11.5. The highest BCUT2D eigenvalue weighted by molar-refractivity contribution is 14.0. The molecule has 2 heterocycles. The van der Waals surface area contributed by atoms with Gasteiger partial charge >= 0.3 is 0 Å². The van der Waals surface area contributed by atoms with Crippen molar-refractivity contribution < 1.29 is 4.92 Å². The van der Waals surface area contributed by atoms with Gasteiger partial charge in [-0.3, -0.25) is 20.0 Å². The van der Waals surface area contributed by atoms with Crippen molar-refractivity contribution in [2.45, 2.75) is 44.6 Å². The first kappa shape index (κ1) is 22.9. The Labute approximate surface area is 184 Å². The molecule has 156 valence electrons. The Balaban J connectivity index is 0.00000280. The third-order valence-corrected chi connectivity index (χ3v) is 5.65. The van der Waals surface area contributed by atoms with Gasteiger partial charge in [0, 0.05) is 44.9 Å². The molecule has 2 aliphatic heterocycles. The molecule has 3 rings (SSSR count). The zero-order valence-corrected chi connectivity index (χ0v) is 19.0. The van der Waals surface area contributed by atoms with Crippen LogP contribution in [0.15, 0.2) is 29.3 Å². The maximum atomic E-state index is 10.7. The van der Waals surface area contributed by atoms with Crippen LogP contribution in [0.3, 0.4) is 0 Å². The van der Waals surface area contributed by atoms with Crippen molar-refractivity contribution in [3.63, 3.8) is 0 Å². The van der Waals surface area contributed by atoms with Gasteiger partial charge in [-0.1, -0.05) is 12.1 Å². The van der Waals surface area contributed by atoms with Gasteiger partial charge in [0.25, 0.3) is 5.69 Å². The van der Waals surface area contributed by atoms with Crippen LogP contribution >= 0.6 is 24.0 Å². The number of rotatable bonds is 7. The highest BCUT2D eigenvalue weighted by Crippen LogP contribution is 2.20. The van der Waals surface area contributed by atoms with Crippen LogP contribution in [0, 0.1) is 10.1 Å². The lowest BCUT2D eigenvalue weighted by Gasteiger charge is -2.25. The standard InChI is InChI=1S/C20H31N5O2.HI/c1-21-20(24-15-11-19(16-24)23-13-4-5-14-23)22-12-3-2-6-17-7-9-18(10-8-17)25(26)27;/h7-10,19H,2-6,11-16H2,1H3,(H,21,22);1H. The van der Waals surface area contributed by atoms with Crippen LogP contribution < -0.4 is 5.32 Å². The Hall–Kier alpha value is -1.42. The molecule has 1 unspecified atom stereocenters. The van der Waals surface area contributed by atoms with E-state index in [1.54, 1.807) is 12.1 Å². The molecule has 0 aromatic heterocycles. The zero-order chi connectivity index (χ0) is 19.1. The number of likely N-dealkylation sites (tertiary alicyclic amines) is 2. The molecule has 2 fully saturated rings. The van der Waals surface area contributed by atoms with E-state index in [9.17, 15) is 10.1 Å². The van der Waals surface area contributed by atoms with Crippen molar-refractivity contribution >= 4 is 35.6 Å². The second-order valence-corrected chi connectivity index (χ2v) is 7.49. The summed E-state index contributed by atoms with van der Waals surface area (Å²) in [4.78, 5) is 19.8. The van der Waals surface area contributed by atoms with Gasteiger partial charge in [-0.15, -0.1) is 24.0 Å². The number of hydrogen-bond acceptors (Lipinski definition) is 4. The van der Waals surface area contributed by atoms with Gasteiger partial charge in [0.2, 0.25) is 0 Å². The van der Waals surface area contributed by atoms with E-state index in [4.69, 9.17) is 0 Å². The zero-order valence-electron chi connectivity index (χ0n) is 16.7. The van der Waals surface area contributed by atoms with Gasteiger partial charge in [0.05, 0.1) is 4.92 Å². The molecule has 0 spiro atoms. The van der Waals surface area contributed by atoms with Gasteiger partial charge in [-0.25, -0.2) is 0 Å². The lowest BCUT2D eigenvalue weighted by molar-refractivity contribution is -0.384. The Bertz CT molecular complexity index is 647. The van der Waals surface area contributed by atoms with E-state index in [1.807, 2.05) is 19.2 Å². The maximum absolute atomic E-state index is 10.7. The molecule has 1 N–H and O–H groups in total. The predicted octanol–water partition coefficient (Wildman–Crippen LogP) is 3.28. The molecular formula is C20H32IN5O2. The van der Waals surface area contributed by atoms with Crippen molar-refractivity contribution in [2.24, 2.45) is 4.99 Å². The molecule has 28 heavy (non-hydrogen) atoms. The third kappa shape index (κ3) is 6.30. The minimum Gasteiger partial charge on any atom is -0.356 e. The normalized spacial score (nSPS) is 20.2. The number of non-ortho nitro benzene ring substituents is 1. The minimum atomic E-state index is -0.355. The average Bonchev–Trinajstić information content (AvgIpc) is 3.36. The molecule has 0 amide bonds. The molecule has 8 heteroatoms. The summed E-state index contributed by atoms with van der Waals surface area (Å²) in [6.45, 7) is 5.59. The van der Waals surface area contributed by atoms with Crippen LogP contribution in [0.25, 0.3) is 0 Å². The highest BCUT2D eigenvalue weighted by Gasteiger charge is 2.30. The fourth-order valence-corrected chi connectivity index (χ4v) is 4.11. The lowest BCUT2D eigenvalue weighted by Crippen LogP contribution is -2.43. The third-order valence-electron chi connectivity index (χ3n) is 5.65. The summed E-state index contributed by atoms with van der Waals surface area (Å²) in [7, 11) is 1.86. The number of nitro benzene ring substituents is 1. The van der Waals surface area contributed by atoms with Crippen LogP contribution in [0.4, 0.5) is 5.69 Å². The van der Waals surface area contributed by atoms with E-state index in [-0.39, 0.29) is 34.6 Å². The molecule has 1 aromatic carbocycles. The maximum Gasteiger partial charge on any atom is 0.269 e. The van der Waals surface area contributed by atoms with Crippen molar-refractivity contribution in [3.05, 3.63) is 39.9 Å². The van der Waals surface area contributed by atoms with Gasteiger partial charge < -0.3 is 10.2 Å². The number of nitrogens with one attached hydrogen (secondary N) is 1. The number of unbranched alkanes of at least 4 members (excludes halogenated alkanes) is 1. The van der Waals surface area contributed by atoms with E-state index in [0.717, 1.165) is 50.4 Å². The number of nitrogens with zero attached hydrogens (tertiary/aromatic N) is 4. The van der Waals surface area contributed by atoms with Crippen molar-refractivity contribution in [1.29, 1.82) is 0 Å². The molecule has 7 nitrogen and oxygen atoms in total. The first-order chi connectivity index (χ1) is 13.2. The number of aryl methyl sites for hydroxylation is 1. The first-order valence-electron chi connectivity index (χ1n) is 10.1. The van der Waals surface area contributed by atoms with Crippen molar-refractivity contribution in [1.82, 2.24) is 15.1 Å². The van der Waals surface area contributed by atoms with Gasteiger partial charge in [-0.2, -0.15) is 0 Å². The molecule has 1 aromatic rings. The lowest BCUT2D eigenvalue weighted by atomic mass is 10.1. The molecule has 2 saturated heterocycles. The van der Waals surface area contributed by atoms with Crippen molar-refractivity contribution in [2.75, 3.05) is 39.8 Å². The quantitative estimate of drug-likeness (QED) is 0.155. The van der Waals surface area contributed by atoms with Gasteiger partial charge in [0.1, 0.15) is 0 Å². The van der Waals surface area contributed by atoms with Crippen LogP contribution in [-0.2, 0) is 6.42 Å². The Morgan fingerprint density at radius 3 is 2.57 bits per heavy atom. The van der Waals surface area contributed by atoms with E-state index in [1.165, 1.54) is 32.4 Å². The molecule has 1 atom stereocenters. The largest absolute Gasteiger partial charge is 0.356 e. The van der Waals surface area contributed by atoms with Crippen LogP contribution in [0.2, 0.25) is 0 Å². The number of aliphatic imine (C=N–C) groups is 1. The first-order valence-corrected chi connectivity index (χ1v) is 10.1. The fraction of sp³-hybridized carbons (Fsp3) is 0.650. The second-order valence-electron chi connectivity index (χ2n) is 7.49. The van der Waals surface area contributed by atoms with E-state index < -0.39 is 0 Å². The molecule has 2 aliphatic rings. The Morgan fingerprint density at radius 2 is 1.93 bits per heavy atom. The van der Waals surface area contributed by atoms with Gasteiger partial charge in [-0.05, 0) is 57.2 Å². The smallest absolute Gasteiger partial charge is 0.269 e. The molecule has 0 radical (unpaired) electrons. The van der Waals surface area contributed by atoms with Crippen molar-refractivity contribution in [3.8, 4) is 0 Å². The van der Waals surface area contributed by atoms with Crippen LogP contribution in [-0.4, -0.2) is 66.5 Å². The molecule has 0 saturated carbocycles. The van der Waals surface area contributed by atoms with E-state index >= 15 is 0 Å². The van der Waals surface area contributed by atoms with E-state index in [2.05, 4.69) is 20.1 Å². The highest BCUT2D eigenvalue weighted by atomic mass is 127. The number of nitro groups is 1. The summed E-state index contributed by atoms with van der Waals surface area (Å²) >= 11 is 0. The Kier molecular flexibility index (Phi) is 9.43. The van der Waals surface area contributed by atoms with Gasteiger partial charge in [0.15, 0.2) is 5.96 Å². The summed E-state index contributed by atoms with van der Waals surface area (Å²) in [6, 6.07) is 7.56. The van der Waals surface area contributed by atoms with Crippen LogP contribution in [0.1, 0.15) is 37.7 Å².